The fourth-order valence-electron chi connectivity index (χ4n) is 3.89. The summed E-state index contributed by atoms with van der Waals surface area (Å²) in [6.45, 7) is 8.16. The number of aromatic nitrogens is 1. The molecule has 188 valence electrons. The van der Waals surface area contributed by atoms with Crippen LogP contribution < -0.4 is 10.1 Å². The van der Waals surface area contributed by atoms with Gasteiger partial charge in [0.2, 0.25) is 5.88 Å². The number of hydrogen-bond acceptors (Lipinski definition) is 5. The molecule has 2 aromatic rings. The summed E-state index contributed by atoms with van der Waals surface area (Å²) in [7, 11) is 1.72. The first-order chi connectivity index (χ1) is 16.7. The Morgan fingerprint density at radius 2 is 1.94 bits per heavy atom. The Labute approximate surface area is 207 Å². The van der Waals surface area contributed by atoms with Crippen molar-refractivity contribution in [3.05, 3.63) is 59.3 Å². The average molecular weight is 481 g/mol. The second-order valence-corrected chi connectivity index (χ2v) is 9.47. The van der Waals surface area contributed by atoms with Gasteiger partial charge in [0.05, 0.1) is 19.2 Å². The standard InChI is InChI=1S/C27H36N4O4/c1-18(2)29-27(34)30(5)16-24-19(3)15-31(20(4)17-32)26(33)23-13-22(14-28-25(23)35-24)12-11-21-9-7-6-8-10-21/h6-14,18-20,24,32H,15-17H2,1-5H3,(H,29,34)/b12-11+/t19-,20+,24-/m0/s1. The molecule has 2 heterocycles. The highest BCUT2D eigenvalue weighted by Crippen LogP contribution is 2.28. The second-order valence-electron chi connectivity index (χ2n) is 9.47. The van der Waals surface area contributed by atoms with Crippen LogP contribution in [0.4, 0.5) is 4.79 Å². The summed E-state index contributed by atoms with van der Waals surface area (Å²) in [4.78, 5) is 33.7. The molecule has 8 heteroatoms. The number of pyridine rings is 1. The van der Waals surface area contributed by atoms with Crippen LogP contribution in [0.15, 0.2) is 42.6 Å². The molecule has 0 aliphatic carbocycles. The van der Waals surface area contributed by atoms with Crippen molar-refractivity contribution in [2.45, 2.75) is 45.9 Å². The Kier molecular flexibility index (Phi) is 8.87. The molecular weight excluding hydrogens is 444 g/mol. The number of carbonyl (C=O) groups is 2. The number of hydrogen-bond donors (Lipinski definition) is 2. The lowest BCUT2D eigenvalue weighted by Crippen LogP contribution is -2.51. The van der Waals surface area contributed by atoms with Gasteiger partial charge in [-0.15, -0.1) is 0 Å². The summed E-state index contributed by atoms with van der Waals surface area (Å²) in [5, 5.41) is 12.7. The minimum absolute atomic E-state index is 0.0175. The molecule has 1 aromatic heterocycles. The molecule has 8 nitrogen and oxygen atoms in total. The molecule has 1 aromatic carbocycles. The van der Waals surface area contributed by atoms with E-state index in [0.29, 0.717) is 18.7 Å². The van der Waals surface area contributed by atoms with Crippen molar-refractivity contribution >= 4 is 24.1 Å². The Balaban J connectivity index is 1.93. The summed E-state index contributed by atoms with van der Waals surface area (Å²) in [5.74, 6) is -0.105. The molecule has 0 fully saturated rings. The van der Waals surface area contributed by atoms with E-state index in [1.807, 2.05) is 70.2 Å². The third kappa shape index (κ3) is 6.82. The van der Waals surface area contributed by atoms with Crippen molar-refractivity contribution in [1.82, 2.24) is 20.1 Å². The van der Waals surface area contributed by atoms with Gasteiger partial charge >= 0.3 is 6.03 Å². The predicted octanol–water partition coefficient (Wildman–Crippen LogP) is 3.52. The third-order valence-corrected chi connectivity index (χ3v) is 6.02. The Hall–Kier alpha value is -3.39. The minimum atomic E-state index is -0.392. The molecule has 0 saturated heterocycles. The van der Waals surface area contributed by atoms with Crippen molar-refractivity contribution in [3.8, 4) is 5.88 Å². The molecule has 3 amide bonds. The monoisotopic (exact) mass is 480 g/mol. The number of nitrogens with one attached hydrogen (secondary N) is 1. The first-order valence-corrected chi connectivity index (χ1v) is 12.0. The van der Waals surface area contributed by atoms with E-state index in [9.17, 15) is 14.7 Å². The summed E-state index contributed by atoms with van der Waals surface area (Å²) in [5.41, 5.74) is 2.14. The van der Waals surface area contributed by atoms with Crippen LogP contribution in [-0.2, 0) is 0 Å². The molecule has 0 saturated carbocycles. The van der Waals surface area contributed by atoms with E-state index in [2.05, 4.69) is 10.3 Å². The van der Waals surface area contributed by atoms with Crippen molar-refractivity contribution < 1.29 is 19.4 Å². The molecule has 1 aliphatic heterocycles. The molecular formula is C27H36N4O4. The van der Waals surface area contributed by atoms with Gasteiger partial charge in [-0.2, -0.15) is 0 Å². The molecule has 2 N–H and O–H groups in total. The highest BCUT2D eigenvalue weighted by atomic mass is 16.5. The summed E-state index contributed by atoms with van der Waals surface area (Å²) >= 11 is 0. The quantitative estimate of drug-likeness (QED) is 0.632. The number of amides is 3. The molecule has 0 spiro atoms. The second kappa shape index (κ2) is 11.8. The normalized spacial score (nSPS) is 19.1. The van der Waals surface area contributed by atoms with E-state index in [-0.39, 0.29) is 42.4 Å². The highest BCUT2D eigenvalue weighted by Gasteiger charge is 2.34. The van der Waals surface area contributed by atoms with E-state index in [0.717, 1.165) is 11.1 Å². The van der Waals surface area contributed by atoms with Crippen molar-refractivity contribution in [2.75, 3.05) is 26.7 Å². The van der Waals surface area contributed by atoms with Crippen LogP contribution >= 0.6 is 0 Å². The molecule has 0 unspecified atom stereocenters. The first-order valence-electron chi connectivity index (χ1n) is 12.0. The van der Waals surface area contributed by atoms with E-state index in [1.165, 1.54) is 0 Å². The van der Waals surface area contributed by atoms with Gasteiger partial charge in [0, 0.05) is 31.7 Å². The van der Waals surface area contributed by atoms with Gasteiger partial charge in [-0.25, -0.2) is 9.78 Å². The zero-order valence-corrected chi connectivity index (χ0v) is 21.1. The van der Waals surface area contributed by atoms with Crippen LogP contribution in [0.5, 0.6) is 5.88 Å². The first kappa shape index (κ1) is 26.2. The topological polar surface area (TPSA) is 95.0 Å². The SMILES string of the molecule is CC(C)NC(=O)N(C)C[C@@H]1Oc2ncc(/C=C/c3ccccc3)cc2C(=O)N([C@H](C)CO)C[C@@H]1C. The number of likely N-dealkylation sites (N-methyl/N-ethyl adjacent to an activating group) is 1. The Morgan fingerprint density at radius 3 is 2.60 bits per heavy atom. The number of carbonyl (C=O) groups excluding carboxylic acids is 2. The van der Waals surface area contributed by atoms with E-state index >= 15 is 0 Å². The molecule has 0 radical (unpaired) electrons. The number of rotatable bonds is 7. The lowest BCUT2D eigenvalue weighted by molar-refractivity contribution is 0.0351. The zero-order chi connectivity index (χ0) is 25.5. The average Bonchev–Trinajstić information content (AvgIpc) is 2.84. The van der Waals surface area contributed by atoms with Crippen LogP contribution in [-0.4, -0.2) is 76.8 Å². The molecule has 3 rings (SSSR count). The third-order valence-electron chi connectivity index (χ3n) is 6.02. The van der Waals surface area contributed by atoms with Gasteiger partial charge in [0.15, 0.2) is 0 Å². The largest absolute Gasteiger partial charge is 0.472 e. The maximum absolute atomic E-state index is 13.5. The van der Waals surface area contributed by atoms with E-state index in [1.54, 1.807) is 29.1 Å². The lowest BCUT2D eigenvalue weighted by Gasteiger charge is -2.37. The number of aliphatic hydroxyl groups is 1. The van der Waals surface area contributed by atoms with Crippen molar-refractivity contribution in [1.29, 1.82) is 0 Å². The van der Waals surface area contributed by atoms with E-state index < -0.39 is 6.10 Å². The van der Waals surface area contributed by atoms with Crippen LogP contribution in [0.1, 0.15) is 49.2 Å². The molecule has 1 aliphatic rings. The number of nitrogens with zero attached hydrogens (tertiary/aromatic N) is 3. The van der Waals surface area contributed by atoms with Crippen LogP contribution in [0, 0.1) is 5.92 Å². The summed E-state index contributed by atoms with van der Waals surface area (Å²) < 4.78 is 6.26. The van der Waals surface area contributed by atoms with Crippen LogP contribution in [0.25, 0.3) is 12.2 Å². The Morgan fingerprint density at radius 1 is 1.26 bits per heavy atom. The van der Waals surface area contributed by atoms with Gasteiger partial charge in [-0.3, -0.25) is 4.79 Å². The smallest absolute Gasteiger partial charge is 0.317 e. The molecule has 3 atom stereocenters. The molecule has 0 bridgehead atoms. The van der Waals surface area contributed by atoms with Crippen LogP contribution in [0.3, 0.4) is 0 Å². The fourth-order valence-corrected chi connectivity index (χ4v) is 3.89. The van der Waals surface area contributed by atoms with Gasteiger partial charge in [-0.05, 0) is 38.0 Å². The van der Waals surface area contributed by atoms with Gasteiger partial charge < -0.3 is 25.0 Å². The zero-order valence-electron chi connectivity index (χ0n) is 21.1. The fraction of sp³-hybridized carbons (Fsp3) is 0.444. The van der Waals surface area contributed by atoms with Crippen LogP contribution in [0.2, 0.25) is 0 Å². The summed E-state index contributed by atoms with van der Waals surface area (Å²) in [6.07, 6.45) is 5.14. The number of fused-ring (bicyclic) bond motifs is 1. The summed E-state index contributed by atoms with van der Waals surface area (Å²) in [6, 6.07) is 11.1. The maximum atomic E-state index is 13.5. The van der Waals surface area contributed by atoms with Gasteiger partial charge in [-0.1, -0.05) is 49.4 Å². The highest BCUT2D eigenvalue weighted by molar-refractivity contribution is 5.97. The molecule has 35 heavy (non-hydrogen) atoms. The predicted molar refractivity (Wildman–Crippen MR) is 137 cm³/mol. The maximum Gasteiger partial charge on any atom is 0.317 e. The van der Waals surface area contributed by atoms with E-state index in [4.69, 9.17) is 4.74 Å². The number of benzene rings is 1. The number of ether oxygens (including phenoxy) is 1. The van der Waals surface area contributed by atoms with Gasteiger partial charge in [0.25, 0.3) is 5.91 Å². The Bertz CT molecular complexity index is 1040. The number of aliphatic hydroxyl groups excluding tert-OH is 1. The minimum Gasteiger partial charge on any atom is -0.472 e. The number of urea groups is 1. The van der Waals surface area contributed by atoms with Crippen molar-refractivity contribution in [3.63, 3.8) is 0 Å². The lowest BCUT2D eigenvalue weighted by atomic mass is 10.00. The van der Waals surface area contributed by atoms with Gasteiger partial charge in [0.1, 0.15) is 11.7 Å². The van der Waals surface area contributed by atoms with Crippen molar-refractivity contribution in [2.24, 2.45) is 5.92 Å².